The average molecular weight is 481 g/mol. The lowest BCUT2D eigenvalue weighted by atomic mass is 9.99. The number of amides is 2. The lowest BCUT2D eigenvalue weighted by Gasteiger charge is -2.24. The van der Waals surface area contributed by atoms with Gasteiger partial charge in [-0.25, -0.2) is 4.98 Å². The molecule has 35 heavy (non-hydrogen) atoms. The molecular formula is C24H28N6O5. The van der Waals surface area contributed by atoms with E-state index in [1.165, 1.54) is 7.11 Å². The van der Waals surface area contributed by atoms with Crippen LogP contribution in [0.5, 0.6) is 11.5 Å². The van der Waals surface area contributed by atoms with E-state index in [1.807, 2.05) is 0 Å². The van der Waals surface area contributed by atoms with Gasteiger partial charge < -0.3 is 24.2 Å². The van der Waals surface area contributed by atoms with Crippen molar-refractivity contribution >= 4 is 11.8 Å². The zero-order valence-electron chi connectivity index (χ0n) is 19.8. The van der Waals surface area contributed by atoms with Gasteiger partial charge in [0.1, 0.15) is 17.2 Å². The molecule has 1 aliphatic heterocycles. The largest absolute Gasteiger partial charge is 0.497 e. The summed E-state index contributed by atoms with van der Waals surface area (Å²) in [6.45, 7) is 1.26. The number of aromatic nitrogens is 4. The third kappa shape index (κ3) is 5.92. The van der Waals surface area contributed by atoms with Crippen LogP contribution in [0.1, 0.15) is 47.8 Å². The smallest absolute Gasteiger partial charge is 0.257 e. The lowest BCUT2D eigenvalue weighted by molar-refractivity contribution is -0.121. The van der Waals surface area contributed by atoms with Crippen molar-refractivity contribution in [2.24, 2.45) is 0 Å². The maximum atomic E-state index is 13.4. The summed E-state index contributed by atoms with van der Waals surface area (Å²) in [5.41, 5.74) is 0.948. The molecule has 0 bridgehead atoms. The second-order valence-electron chi connectivity index (χ2n) is 8.13. The lowest BCUT2D eigenvalue weighted by Crippen LogP contribution is -2.36. The third-order valence-electron chi connectivity index (χ3n) is 5.91. The molecule has 1 atom stereocenters. The Morgan fingerprint density at radius 2 is 2.06 bits per heavy atom. The molecular weight excluding hydrogens is 452 g/mol. The fraction of sp³-hybridized carbons (Fsp3) is 0.417. The van der Waals surface area contributed by atoms with Gasteiger partial charge in [-0.15, -0.1) is 0 Å². The fourth-order valence-electron chi connectivity index (χ4n) is 4.01. The number of carbonyl (C=O) groups excluding carboxylic acids is 2. The molecule has 1 unspecified atom stereocenters. The summed E-state index contributed by atoms with van der Waals surface area (Å²) in [5.74, 6) is 1.49. The molecule has 0 saturated carbocycles. The number of benzene rings is 1. The van der Waals surface area contributed by atoms with Gasteiger partial charge in [-0.05, 0) is 31.4 Å². The van der Waals surface area contributed by atoms with Crippen LogP contribution in [-0.4, -0.2) is 70.7 Å². The van der Waals surface area contributed by atoms with Crippen molar-refractivity contribution in [3.8, 4) is 23.0 Å². The van der Waals surface area contributed by atoms with Gasteiger partial charge >= 0.3 is 0 Å². The van der Waals surface area contributed by atoms with E-state index in [1.54, 1.807) is 48.8 Å². The number of carbonyl (C=O) groups is 2. The van der Waals surface area contributed by atoms with E-state index in [-0.39, 0.29) is 24.2 Å². The van der Waals surface area contributed by atoms with Crippen LogP contribution in [0.3, 0.4) is 0 Å². The first-order valence-corrected chi connectivity index (χ1v) is 11.5. The van der Waals surface area contributed by atoms with Crippen LogP contribution < -0.4 is 14.8 Å². The number of hydrogen-bond donors (Lipinski definition) is 1. The van der Waals surface area contributed by atoms with Crippen LogP contribution >= 0.6 is 0 Å². The second-order valence-corrected chi connectivity index (χ2v) is 8.13. The van der Waals surface area contributed by atoms with Gasteiger partial charge in [0, 0.05) is 50.4 Å². The standard InChI is InChI=1S/C24H28N6O5/c1-33-17-5-6-18(20(14-17)34-2)24(32)30-12-3-4-16(7-9-27-21(31)8-13-30)23-28-22(29-35-23)19-15-25-10-11-26-19/h5-6,10-11,14-16H,3-4,7-9,12-13H2,1-2H3,(H,27,31). The number of methoxy groups -OCH3 is 2. The Morgan fingerprint density at radius 1 is 1.17 bits per heavy atom. The molecule has 1 saturated heterocycles. The normalized spacial score (nSPS) is 17.3. The van der Waals surface area contributed by atoms with Crippen molar-refractivity contribution in [3.63, 3.8) is 0 Å². The van der Waals surface area contributed by atoms with Crippen LogP contribution in [0.25, 0.3) is 11.5 Å². The molecule has 0 radical (unpaired) electrons. The molecule has 4 rings (SSSR count). The Morgan fingerprint density at radius 3 is 2.83 bits per heavy atom. The molecule has 1 aliphatic rings. The van der Waals surface area contributed by atoms with Gasteiger partial charge in [0.15, 0.2) is 0 Å². The maximum Gasteiger partial charge on any atom is 0.257 e. The van der Waals surface area contributed by atoms with Crippen LogP contribution in [0.4, 0.5) is 0 Å². The quantitative estimate of drug-likeness (QED) is 0.585. The van der Waals surface area contributed by atoms with Gasteiger partial charge in [-0.2, -0.15) is 4.98 Å². The predicted octanol–water partition coefficient (Wildman–Crippen LogP) is 2.46. The van der Waals surface area contributed by atoms with Crippen LogP contribution in [0, 0.1) is 0 Å². The van der Waals surface area contributed by atoms with Crippen molar-refractivity contribution in [1.29, 1.82) is 0 Å². The van der Waals surface area contributed by atoms with E-state index in [0.717, 1.165) is 0 Å². The topological polar surface area (TPSA) is 133 Å². The number of ether oxygens (including phenoxy) is 2. The number of nitrogens with one attached hydrogen (secondary N) is 1. The first-order chi connectivity index (χ1) is 17.1. The highest BCUT2D eigenvalue weighted by Crippen LogP contribution is 2.28. The van der Waals surface area contributed by atoms with E-state index >= 15 is 0 Å². The Kier molecular flexibility index (Phi) is 7.86. The van der Waals surface area contributed by atoms with Crippen molar-refractivity contribution in [2.45, 2.75) is 31.6 Å². The van der Waals surface area contributed by atoms with E-state index < -0.39 is 0 Å². The molecule has 1 N–H and O–H groups in total. The zero-order chi connectivity index (χ0) is 24.6. The Bertz CT molecular complexity index is 1150. The highest BCUT2D eigenvalue weighted by molar-refractivity contribution is 5.97. The maximum absolute atomic E-state index is 13.4. The first-order valence-electron chi connectivity index (χ1n) is 11.5. The summed E-state index contributed by atoms with van der Waals surface area (Å²) >= 11 is 0. The Labute approximate surface area is 202 Å². The van der Waals surface area contributed by atoms with Gasteiger partial charge in [0.2, 0.25) is 17.6 Å². The molecule has 1 aromatic carbocycles. The molecule has 0 spiro atoms. The summed E-state index contributed by atoms with van der Waals surface area (Å²) in [4.78, 5) is 40.2. The SMILES string of the molecule is COc1ccc(C(=O)N2CCCC(c3nc(-c4cnccn4)no3)CCNC(=O)CC2)c(OC)c1. The van der Waals surface area contributed by atoms with E-state index in [0.29, 0.717) is 73.4 Å². The zero-order valence-corrected chi connectivity index (χ0v) is 19.8. The van der Waals surface area contributed by atoms with E-state index in [4.69, 9.17) is 14.0 Å². The molecule has 3 aromatic rings. The molecule has 2 aromatic heterocycles. The molecule has 184 valence electrons. The Balaban J connectivity index is 1.50. The summed E-state index contributed by atoms with van der Waals surface area (Å²) in [7, 11) is 3.06. The summed E-state index contributed by atoms with van der Waals surface area (Å²) in [6, 6.07) is 5.07. The van der Waals surface area contributed by atoms with Crippen molar-refractivity contribution in [1.82, 2.24) is 30.3 Å². The summed E-state index contributed by atoms with van der Waals surface area (Å²) in [6.07, 6.45) is 6.99. The number of hydrogen-bond acceptors (Lipinski definition) is 9. The summed E-state index contributed by atoms with van der Waals surface area (Å²) in [5, 5.41) is 6.97. The van der Waals surface area contributed by atoms with Crippen molar-refractivity contribution in [3.05, 3.63) is 48.2 Å². The minimum Gasteiger partial charge on any atom is -0.497 e. The first kappa shape index (κ1) is 24.1. The molecule has 1 fully saturated rings. The van der Waals surface area contributed by atoms with Crippen LogP contribution in [0.15, 0.2) is 41.3 Å². The molecule has 11 nitrogen and oxygen atoms in total. The minimum absolute atomic E-state index is 0.0706. The summed E-state index contributed by atoms with van der Waals surface area (Å²) < 4.78 is 16.2. The second kappa shape index (κ2) is 11.4. The molecule has 0 aliphatic carbocycles. The highest BCUT2D eigenvalue weighted by Gasteiger charge is 2.25. The number of rotatable bonds is 5. The van der Waals surface area contributed by atoms with Gasteiger partial charge in [0.05, 0.1) is 26.0 Å². The van der Waals surface area contributed by atoms with Crippen LogP contribution in [-0.2, 0) is 4.79 Å². The van der Waals surface area contributed by atoms with Gasteiger partial charge in [-0.1, -0.05) is 5.16 Å². The van der Waals surface area contributed by atoms with E-state index in [2.05, 4.69) is 25.4 Å². The highest BCUT2D eigenvalue weighted by atomic mass is 16.5. The average Bonchev–Trinajstić information content (AvgIpc) is 3.38. The minimum atomic E-state index is -0.198. The van der Waals surface area contributed by atoms with Crippen molar-refractivity contribution < 1.29 is 23.6 Å². The molecule has 11 heteroatoms. The number of nitrogens with zero attached hydrogens (tertiary/aromatic N) is 5. The molecule has 2 amide bonds. The van der Waals surface area contributed by atoms with Crippen LogP contribution in [0.2, 0.25) is 0 Å². The van der Waals surface area contributed by atoms with Gasteiger partial charge in [-0.3, -0.25) is 14.6 Å². The van der Waals surface area contributed by atoms with Crippen molar-refractivity contribution in [2.75, 3.05) is 33.9 Å². The Hall–Kier alpha value is -4.02. The predicted molar refractivity (Wildman–Crippen MR) is 125 cm³/mol. The monoisotopic (exact) mass is 480 g/mol. The van der Waals surface area contributed by atoms with E-state index in [9.17, 15) is 9.59 Å². The molecule has 3 heterocycles. The fourth-order valence-corrected chi connectivity index (χ4v) is 4.01. The van der Waals surface area contributed by atoms with Gasteiger partial charge in [0.25, 0.3) is 5.91 Å². The third-order valence-corrected chi connectivity index (χ3v) is 5.91.